The maximum atomic E-state index is 12.1. The lowest BCUT2D eigenvalue weighted by Crippen LogP contribution is -2.28. The number of rotatable bonds is 7. The van der Waals surface area contributed by atoms with Crippen LogP contribution >= 0.6 is 11.6 Å². The van der Waals surface area contributed by atoms with E-state index in [1.807, 2.05) is 60.7 Å². The zero-order valence-electron chi connectivity index (χ0n) is 14.3. The zero-order chi connectivity index (χ0) is 18.2. The summed E-state index contributed by atoms with van der Waals surface area (Å²) in [5, 5.41) is 3.47. The first-order valence-corrected chi connectivity index (χ1v) is 8.85. The highest BCUT2D eigenvalue weighted by Crippen LogP contribution is 2.21. The van der Waals surface area contributed by atoms with E-state index in [4.69, 9.17) is 16.3 Å². The predicted molar refractivity (Wildman–Crippen MR) is 104 cm³/mol. The second kappa shape index (κ2) is 9.07. The van der Waals surface area contributed by atoms with E-state index in [9.17, 15) is 4.79 Å². The molecule has 3 aromatic rings. The van der Waals surface area contributed by atoms with E-state index in [1.165, 1.54) is 5.56 Å². The Morgan fingerprint density at radius 3 is 2.27 bits per heavy atom. The maximum absolute atomic E-state index is 12.1. The Kier molecular flexibility index (Phi) is 6.29. The maximum Gasteiger partial charge on any atom is 0.258 e. The molecule has 0 aliphatic heterocycles. The van der Waals surface area contributed by atoms with Gasteiger partial charge in [-0.1, -0.05) is 78.3 Å². The molecule has 26 heavy (non-hydrogen) atoms. The van der Waals surface area contributed by atoms with Gasteiger partial charge < -0.3 is 10.1 Å². The topological polar surface area (TPSA) is 38.3 Å². The molecule has 132 valence electrons. The molecular formula is C22H20ClNO2. The lowest BCUT2D eigenvalue weighted by molar-refractivity contribution is -0.123. The van der Waals surface area contributed by atoms with Crippen LogP contribution in [0.25, 0.3) is 0 Å². The lowest BCUT2D eigenvalue weighted by atomic mass is 10.0. The number of carbonyl (C=O) groups excluding carboxylic acids is 1. The third-order valence-corrected chi connectivity index (χ3v) is 4.37. The van der Waals surface area contributed by atoms with E-state index >= 15 is 0 Å². The summed E-state index contributed by atoms with van der Waals surface area (Å²) >= 11 is 6.10. The molecule has 0 saturated carbocycles. The molecular weight excluding hydrogens is 346 g/mol. The first-order chi connectivity index (χ1) is 12.7. The van der Waals surface area contributed by atoms with Gasteiger partial charge in [-0.2, -0.15) is 0 Å². The van der Waals surface area contributed by atoms with Gasteiger partial charge in [-0.25, -0.2) is 0 Å². The first kappa shape index (κ1) is 18.0. The van der Waals surface area contributed by atoms with Crippen LogP contribution in [-0.2, 0) is 17.8 Å². The lowest BCUT2D eigenvalue weighted by Gasteiger charge is -2.12. The van der Waals surface area contributed by atoms with Crippen LogP contribution in [0.15, 0.2) is 78.9 Å². The van der Waals surface area contributed by atoms with Crippen molar-refractivity contribution in [3.05, 3.63) is 101 Å². The molecule has 0 saturated heterocycles. The molecule has 0 atom stereocenters. The molecule has 3 nitrogen and oxygen atoms in total. The smallest absolute Gasteiger partial charge is 0.258 e. The molecule has 1 N–H and O–H groups in total. The summed E-state index contributed by atoms with van der Waals surface area (Å²) in [6, 6.07) is 25.4. The number of halogens is 1. The normalized spacial score (nSPS) is 10.3. The highest BCUT2D eigenvalue weighted by atomic mass is 35.5. The average Bonchev–Trinajstić information content (AvgIpc) is 2.67. The molecule has 0 bridgehead atoms. The van der Waals surface area contributed by atoms with Crippen LogP contribution in [-0.4, -0.2) is 12.5 Å². The van der Waals surface area contributed by atoms with Gasteiger partial charge in [0.05, 0.1) is 0 Å². The van der Waals surface area contributed by atoms with E-state index < -0.39 is 0 Å². The molecule has 0 aromatic heterocycles. The van der Waals surface area contributed by atoms with Gasteiger partial charge in [0.15, 0.2) is 6.61 Å². The fourth-order valence-electron chi connectivity index (χ4n) is 2.64. The molecule has 4 heteroatoms. The molecule has 1 amide bonds. The second-order valence-corrected chi connectivity index (χ2v) is 6.33. The van der Waals surface area contributed by atoms with Crippen molar-refractivity contribution in [3.8, 4) is 5.75 Å². The van der Waals surface area contributed by atoms with Crippen LogP contribution in [0.1, 0.15) is 16.7 Å². The van der Waals surface area contributed by atoms with Crippen molar-refractivity contribution in [1.29, 1.82) is 0 Å². The summed E-state index contributed by atoms with van der Waals surface area (Å²) in [5.41, 5.74) is 3.14. The Hall–Kier alpha value is -2.78. The number of hydrogen-bond acceptors (Lipinski definition) is 2. The van der Waals surface area contributed by atoms with Gasteiger partial charge in [-0.3, -0.25) is 4.79 Å². The summed E-state index contributed by atoms with van der Waals surface area (Å²) in [4.78, 5) is 12.1. The largest absolute Gasteiger partial charge is 0.483 e. The van der Waals surface area contributed by atoms with Crippen molar-refractivity contribution in [2.24, 2.45) is 0 Å². The molecule has 3 rings (SSSR count). The quantitative estimate of drug-likeness (QED) is 0.663. The number of nitrogens with one attached hydrogen (secondary N) is 1. The van der Waals surface area contributed by atoms with Crippen LogP contribution in [0.5, 0.6) is 5.75 Å². The monoisotopic (exact) mass is 365 g/mol. The van der Waals surface area contributed by atoms with Gasteiger partial charge >= 0.3 is 0 Å². The van der Waals surface area contributed by atoms with Gasteiger partial charge in [0, 0.05) is 18.0 Å². The minimum absolute atomic E-state index is 0.0315. The Balaban J connectivity index is 1.56. The van der Waals surface area contributed by atoms with E-state index in [1.54, 1.807) is 6.07 Å². The van der Waals surface area contributed by atoms with Gasteiger partial charge in [-0.15, -0.1) is 0 Å². The van der Waals surface area contributed by atoms with Crippen LogP contribution in [0.3, 0.4) is 0 Å². The van der Waals surface area contributed by atoms with Crippen molar-refractivity contribution in [2.75, 3.05) is 6.61 Å². The van der Waals surface area contributed by atoms with Crippen LogP contribution in [0.2, 0.25) is 5.02 Å². The number of carbonyl (C=O) groups is 1. The number of benzene rings is 3. The van der Waals surface area contributed by atoms with Crippen LogP contribution in [0, 0.1) is 0 Å². The molecule has 3 aromatic carbocycles. The molecule has 0 unspecified atom stereocenters. The third-order valence-electron chi connectivity index (χ3n) is 4.00. The van der Waals surface area contributed by atoms with Crippen LogP contribution < -0.4 is 10.1 Å². The number of ether oxygens (including phenoxy) is 1. The molecule has 0 aliphatic rings. The average molecular weight is 366 g/mol. The van der Waals surface area contributed by atoms with E-state index in [-0.39, 0.29) is 12.5 Å². The summed E-state index contributed by atoms with van der Waals surface area (Å²) in [6.45, 7) is 0.351. The SMILES string of the molecule is O=C(COc1ccccc1Cc1ccccc1)NCc1ccccc1Cl. The first-order valence-electron chi connectivity index (χ1n) is 8.47. The fraction of sp³-hybridized carbons (Fsp3) is 0.136. The van der Waals surface area contributed by atoms with Crippen molar-refractivity contribution >= 4 is 17.5 Å². The van der Waals surface area contributed by atoms with Crippen molar-refractivity contribution in [1.82, 2.24) is 5.32 Å². The molecule has 0 spiro atoms. The van der Waals surface area contributed by atoms with Gasteiger partial charge in [-0.05, 0) is 28.8 Å². The van der Waals surface area contributed by atoms with Crippen molar-refractivity contribution in [2.45, 2.75) is 13.0 Å². The van der Waals surface area contributed by atoms with Gasteiger partial charge in [0.1, 0.15) is 5.75 Å². The van der Waals surface area contributed by atoms with Crippen molar-refractivity contribution < 1.29 is 9.53 Å². The molecule has 0 heterocycles. The highest BCUT2D eigenvalue weighted by molar-refractivity contribution is 6.31. The van der Waals surface area contributed by atoms with Crippen molar-refractivity contribution in [3.63, 3.8) is 0 Å². The van der Waals surface area contributed by atoms with Gasteiger partial charge in [0.25, 0.3) is 5.91 Å². The van der Waals surface area contributed by atoms with Gasteiger partial charge in [0.2, 0.25) is 0 Å². The zero-order valence-corrected chi connectivity index (χ0v) is 15.1. The summed E-state index contributed by atoms with van der Waals surface area (Å²) in [5.74, 6) is 0.545. The number of amides is 1. The molecule has 0 fully saturated rings. The van der Waals surface area contributed by atoms with E-state index in [0.29, 0.717) is 11.6 Å². The predicted octanol–water partition coefficient (Wildman–Crippen LogP) is 4.63. The standard InChI is InChI=1S/C22H20ClNO2/c23-20-12-6-4-11-19(20)15-24-22(25)16-26-21-13-7-5-10-18(21)14-17-8-2-1-3-9-17/h1-13H,14-16H2,(H,24,25). The van der Waals surface area contributed by atoms with E-state index in [2.05, 4.69) is 17.4 Å². The minimum atomic E-state index is -0.181. The highest BCUT2D eigenvalue weighted by Gasteiger charge is 2.08. The summed E-state index contributed by atoms with van der Waals surface area (Å²) < 4.78 is 5.74. The number of hydrogen-bond donors (Lipinski definition) is 1. The third kappa shape index (κ3) is 5.11. The Morgan fingerprint density at radius 1 is 0.846 bits per heavy atom. The second-order valence-electron chi connectivity index (χ2n) is 5.93. The van der Waals surface area contributed by atoms with E-state index in [0.717, 1.165) is 23.3 Å². The summed E-state index contributed by atoms with van der Waals surface area (Å²) in [7, 11) is 0. The fourth-order valence-corrected chi connectivity index (χ4v) is 2.84. The molecule has 0 radical (unpaired) electrons. The summed E-state index contributed by atoms with van der Waals surface area (Å²) in [6.07, 6.45) is 0.762. The minimum Gasteiger partial charge on any atom is -0.483 e. The Bertz CT molecular complexity index is 865. The number of para-hydroxylation sites is 1. The van der Waals surface area contributed by atoms with Crippen LogP contribution in [0.4, 0.5) is 0 Å². The Labute approximate surface area is 158 Å². The molecule has 0 aliphatic carbocycles. The Morgan fingerprint density at radius 2 is 1.50 bits per heavy atom.